The van der Waals surface area contributed by atoms with Gasteiger partial charge in [-0.25, -0.2) is 4.98 Å². The Bertz CT molecular complexity index is 805. The van der Waals surface area contributed by atoms with E-state index in [2.05, 4.69) is 17.0 Å². The number of nitrogens with zero attached hydrogens (tertiary/aromatic N) is 3. The summed E-state index contributed by atoms with van der Waals surface area (Å²) in [5.74, 6) is 0.213. The molecule has 4 rings (SSSR count). The molecule has 0 bridgehead atoms. The van der Waals surface area contributed by atoms with Crippen molar-refractivity contribution in [2.45, 2.75) is 6.42 Å². The Hall–Kier alpha value is -2.40. The minimum Gasteiger partial charge on any atom is -0.345 e. The highest BCUT2D eigenvalue weighted by Crippen LogP contribution is 2.29. The normalized spacial score (nSPS) is 15.0. The van der Waals surface area contributed by atoms with Crippen LogP contribution in [0, 0.1) is 0 Å². The first-order chi connectivity index (χ1) is 11.8. The zero-order valence-corrected chi connectivity index (χ0v) is 14.2. The van der Waals surface area contributed by atoms with Gasteiger partial charge < -0.3 is 9.80 Å². The summed E-state index contributed by atoms with van der Waals surface area (Å²) in [4.78, 5) is 21.4. The topological polar surface area (TPSA) is 36.4 Å². The molecule has 2 aromatic carbocycles. The Morgan fingerprint density at radius 2 is 1.67 bits per heavy atom. The van der Waals surface area contributed by atoms with E-state index in [9.17, 15) is 4.79 Å². The Kier molecular flexibility index (Phi) is 4.17. The molecule has 1 aliphatic rings. The number of carbonyl (C=O) groups excluding carboxylic acids is 1. The van der Waals surface area contributed by atoms with E-state index in [-0.39, 0.29) is 5.91 Å². The summed E-state index contributed by atoms with van der Waals surface area (Å²) in [6.45, 7) is 3.23. The van der Waals surface area contributed by atoms with Gasteiger partial charge in [-0.15, -0.1) is 0 Å². The molecule has 0 radical (unpaired) electrons. The van der Waals surface area contributed by atoms with Gasteiger partial charge in [0.15, 0.2) is 5.13 Å². The Balaban J connectivity index is 1.38. The van der Waals surface area contributed by atoms with Gasteiger partial charge in [0, 0.05) is 26.2 Å². The number of para-hydroxylation sites is 1. The van der Waals surface area contributed by atoms with Crippen molar-refractivity contribution in [3.63, 3.8) is 0 Å². The van der Waals surface area contributed by atoms with Crippen molar-refractivity contribution in [1.82, 2.24) is 9.88 Å². The van der Waals surface area contributed by atoms with E-state index in [0.717, 1.165) is 42.4 Å². The van der Waals surface area contributed by atoms with Crippen LogP contribution in [0.15, 0.2) is 54.6 Å². The third-order valence-electron chi connectivity index (χ3n) is 4.38. The SMILES string of the molecule is O=C(Cc1ccccc1)N1CCN(c2nc3ccccc3s2)CC1. The van der Waals surface area contributed by atoms with Gasteiger partial charge in [-0.05, 0) is 17.7 Å². The third kappa shape index (κ3) is 3.12. The smallest absolute Gasteiger partial charge is 0.227 e. The quantitative estimate of drug-likeness (QED) is 0.736. The third-order valence-corrected chi connectivity index (χ3v) is 5.48. The average Bonchev–Trinajstić information content (AvgIpc) is 3.07. The molecule has 1 aromatic heterocycles. The van der Waals surface area contributed by atoms with E-state index in [4.69, 9.17) is 4.98 Å². The van der Waals surface area contributed by atoms with Crippen LogP contribution in [-0.2, 0) is 11.2 Å². The maximum absolute atomic E-state index is 12.4. The van der Waals surface area contributed by atoms with Crippen molar-refractivity contribution >= 4 is 32.6 Å². The van der Waals surface area contributed by atoms with Crippen LogP contribution in [0.3, 0.4) is 0 Å². The fourth-order valence-corrected chi connectivity index (χ4v) is 4.04. The maximum Gasteiger partial charge on any atom is 0.227 e. The summed E-state index contributed by atoms with van der Waals surface area (Å²) in [6.07, 6.45) is 0.488. The van der Waals surface area contributed by atoms with Crippen LogP contribution in [0.2, 0.25) is 0 Å². The molecule has 0 unspecified atom stereocenters. The number of aromatic nitrogens is 1. The Morgan fingerprint density at radius 3 is 2.42 bits per heavy atom. The standard InChI is InChI=1S/C19H19N3OS/c23-18(14-15-6-2-1-3-7-15)21-10-12-22(13-11-21)19-20-16-8-4-5-9-17(16)24-19/h1-9H,10-14H2. The largest absolute Gasteiger partial charge is 0.345 e. The second-order valence-corrected chi connectivity index (χ2v) is 7.00. The fourth-order valence-electron chi connectivity index (χ4n) is 3.02. The molecule has 1 saturated heterocycles. The van der Waals surface area contributed by atoms with Crippen molar-refractivity contribution in [2.75, 3.05) is 31.1 Å². The lowest BCUT2D eigenvalue weighted by atomic mass is 10.1. The molecule has 3 aromatic rings. The Morgan fingerprint density at radius 1 is 0.958 bits per heavy atom. The number of hydrogen-bond acceptors (Lipinski definition) is 4. The number of benzene rings is 2. The first-order valence-corrected chi connectivity index (χ1v) is 9.03. The molecule has 1 fully saturated rings. The van der Waals surface area contributed by atoms with E-state index in [1.807, 2.05) is 47.4 Å². The summed E-state index contributed by atoms with van der Waals surface area (Å²) >= 11 is 1.73. The molecule has 122 valence electrons. The molecule has 0 atom stereocenters. The molecule has 0 saturated carbocycles. The number of piperazine rings is 1. The molecule has 2 heterocycles. The molecule has 0 aliphatic carbocycles. The highest BCUT2D eigenvalue weighted by atomic mass is 32.1. The highest BCUT2D eigenvalue weighted by molar-refractivity contribution is 7.22. The predicted octanol–water partition coefficient (Wildman–Crippen LogP) is 3.19. The lowest BCUT2D eigenvalue weighted by Gasteiger charge is -2.34. The van der Waals surface area contributed by atoms with Gasteiger partial charge in [0.25, 0.3) is 0 Å². The van der Waals surface area contributed by atoms with Crippen molar-refractivity contribution in [1.29, 1.82) is 0 Å². The molecule has 0 spiro atoms. The van der Waals surface area contributed by atoms with E-state index >= 15 is 0 Å². The highest BCUT2D eigenvalue weighted by Gasteiger charge is 2.23. The number of amides is 1. The van der Waals surface area contributed by atoms with Crippen LogP contribution in [0.5, 0.6) is 0 Å². The monoisotopic (exact) mass is 337 g/mol. The number of fused-ring (bicyclic) bond motifs is 1. The number of rotatable bonds is 3. The van der Waals surface area contributed by atoms with Crippen molar-refractivity contribution < 1.29 is 4.79 Å². The Labute approximate surface area is 145 Å². The molecule has 1 aliphatic heterocycles. The molecular weight excluding hydrogens is 318 g/mol. The lowest BCUT2D eigenvalue weighted by molar-refractivity contribution is -0.130. The van der Waals surface area contributed by atoms with E-state index in [0.29, 0.717) is 6.42 Å². The summed E-state index contributed by atoms with van der Waals surface area (Å²) in [5, 5.41) is 1.06. The van der Waals surface area contributed by atoms with Gasteiger partial charge in [0.1, 0.15) is 0 Å². The van der Waals surface area contributed by atoms with E-state index in [1.54, 1.807) is 11.3 Å². The minimum atomic E-state index is 0.213. The van der Waals surface area contributed by atoms with Crippen LogP contribution >= 0.6 is 11.3 Å². The zero-order valence-electron chi connectivity index (χ0n) is 13.4. The number of hydrogen-bond donors (Lipinski definition) is 0. The minimum absolute atomic E-state index is 0.213. The lowest BCUT2D eigenvalue weighted by Crippen LogP contribution is -2.49. The van der Waals surface area contributed by atoms with E-state index in [1.165, 1.54) is 4.70 Å². The van der Waals surface area contributed by atoms with E-state index < -0.39 is 0 Å². The number of anilines is 1. The van der Waals surface area contributed by atoms with Crippen molar-refractivity contribution in [2.24, 2.45) is 0 Å². The van der Waals surface area contributed by atoms with Gasteiger partial charge in [-0.2, -0.15) is 0 Å². The second kappa shape index (κ2) is 6.61. The number of carbonyl (C=O) groups is 1. The summed E-state index contributed by atoms with van der Waals surface area (Å²) in [7, 11) is 0. The summed E-state index contributed by atoms with van der Waals surface area (Å²) in [5.41, 5.74) is 2.14. The number of thiazole rings is 1. The van der Waals surface area contributed by atoms with Crippen molar-refractivity contribution in [3.8, 4) is 0 Å². The fraction of sp³-hybridized carbons (Fsp3) is 0.263. The molecule has 5 heteroatoms. The molecular formula is C19H19N3OS. The zero-order chi connectivity index (χ0) is 16.4. The maximum atomic E-state index is 12.4. The molecule has 1 amide bonds. The average molecular weight is 337 g/mol. The van der Waals surface area contributed by atoms with Gasteiger partial charge in [-0.3, -0.25) is 4.79 Å². The first kappa shape index (κ1) is 15.1. The van der Waals surface area contributed by atoms with Crippen LogP contribution in [0.1, 0.15) is 5.56 Å². The van der Waals surface area contributed by atoms with Crippen LogP contribution in [-0.4, -0.2) is 42.0 Å². The van der Waals surface area contributed by atoms with Gasteiger partial charge in [0.2, 0.25) is 5.91 Å². The van der Waals surface area contributed by atoms with Crippen molar-refractivity contribution in [3.05, 3.63) is 60.2 Å². The molecule has 24 heavy (non-hydrogen) atoms. The van der Waals surface area contributed by atoms with Gasteiger partial charge in [0.05, 0.1) is 16.6 Å². The van der Waals surface area contributed by atoms with Gasteiger partial charge in [-0.1, -0.05) is 53.8 Å². The van der Waals surface area contributed by atoms with Crippen LogP contribution in [0.25, 0.3) is 10.2 Å². The van der Waals surface area contributed by atoms with Crippen LogP contribution in [0.4, 0.5) is 5.13 Å². The first-order valence-electron chi connectivity index (χ1n) is 8.22. The second-order valence-electron chi connectivity index (χ2n) is 5.99. The summed E-state index contributed by atoms with van der Waals surface area (Å²) < 4.78 is 1.22. The predicted molar refractivity (Wildman–Crippen MR) is 98.6 cm³/mol. The van der Waals surface area contributed by atoms with Gasteiger partial charge >= 0.3 is 0 Å². The molecule has 4 nitrogen and oxygen atoms in total. The summed E-state index contributed by atoms with van der Waals surface area (Å²) in [6, 6.07) is 18.2. The van der Waals surface area contributed by atoms with Crippen LogP contribution < -0.4 is 4.90 Å². The molecule has 0 N–H and O–H groups in total.